The molecule has 0 atom stereocenters. The molecule has 2 aromatic heterocycles. The Morgan fingerprint density at radius 1 is 1.31 bits per heavy atom. The monoisotopic (exact) mass is 366 g/mol. The highest BCUT2D eigenvalue weighted by molar-refractivity contribution is 5.97. The average Bonchev–Trinajstić information content (AvgIpc) is 3.30. The van der Waals surface area contributed by atoms with Crippen molar-refractivity contribution in [2.24, 2.45) is 11.5 Å². The lowest BCUT2D eigenvalue weighted by atomic mass is 10.2. The average molecular weight is 366 g/mol. The fourth-order valence-corrected chi connectivity index (χ4v) is 2.27. The van der Waals surface area contributed by atoms with Gasteiger partial charge in [0, 0.05) is 12.1 Å². The van der Waals surface area contributed by atoms with Crippen LogP contribution in [0.4, 0.5) is 30.4 Å². The molecule has 1 fully saturated rings. The zero-order chi connectivity index (χ0) is 18.9. The number of primary amides is 1. The number of amides is 1. The van der Waals surface area contributed by atoms with Crippen LogP contribution >= 0.6 is 0 Å². The van der Waals surface area contributed by atoms with E-state index >= 15 is 0 Å². The normalized spacial score (nSPS) is 15.4. The second-order valence-corrected chi connectivity index (χ2v) is 6.23. The molecule has 2 aromatic rings. The lowest BCUT2D eigenvalue weighted by Crippen LogP contribution is -2.31. The third kappa shape index (κ3) is 4.20. The lowest BCUT2D eigenvalue weighted by molar-refractivity contribution is -0.141. The largest absolute Gasteiger partial charge is 0.433 e. The maximum Gasteiger partial charge on any atom is 0.433 e. The number of nitrogens with two attached hydrogens (primary N) is 2. The quantitative estimate of drug-likeness (QED) is 0.623. The summed E-state index contributed by atoms with van der Waals surface area (Å²) in [5.41, 5.74) is 10.6. The summed E-state index contributed by atoms with van der Waals surface area (Å²) in [4.78, 5) is 19.0. The molecule has 1 aliphatic rings. The number of pyridine rings is 2. The molecular weight excluding hydrogens is 349 g/mol. The van der Waals surface area contributed by atoms with Crippen molar-refractivity contribution in [1.29, 1.82) is 0 Å². The smallest absolute Gasteiger partial charge is 0.382 e. The molecule has 7 nitrogen and oxygen atoms in total. The fraction of sp³-hybridized carbons (Fsp3) is 0.312. The minimum Gasteiger partial charge on any atom is -0.382 e. The van der Waals surface area contributed by atoms with E-state index in [0.717, 1.165) is 18.9 Å². The van der Waals surface area contributed by atoms with Crippen LogP contribution in [0.3, 0.4) is 0 Å². The van der Waals surface area contributed by atoms with Crippen LogP contribution in [0.25, 0.3) is 0 Å². The van der Waals surface area contributed by atoms with Crippen molar-refractivity contribution < 1.29 is 18.0 Å². The number of carbonyl (C=O) groups excluding carboxylic acids is 1. The van der Waals surface area contributed by atoms with Gasteiger partial charge in [0.2, 0.25) is 0 Å². The van der Waals surface area contributed by atoms with E-state index < -0.39 is 17.8 Å². The molecule has 0 aliphatic heterocycles. The van der Waals surface area contributed by atoms with Crippen molar-refractivity contribution in [1.82, 2.24) is 9.97 Å². The lowest BCUT2D eigenvalue weighted by Gasteiger charge is -2.15. The number of rotatable bonds is 6. The van der Waals surface area contributed by atoms with E-state index in [0.29, 0.717) is 12.2 Å². The van der Waals surface area contributed by atoms with E-state index in [4.69, 9.17) is 11.5 Å². The SMILES string of the molecule is NC(=O)c1ncc(NCC2(N)CC2)cc1Nc1cccc(C(F)(F)F)n1. The van der Waals surface area contributed by atoms with Crippen molar-refractivity contribution >= 4 is 23.1 Å². The molecule has 138 valence electrons. The Bertz CT molecular complexity index is 835. The number of alkyl halides is 3. The Kier molecular flexibility index (Phi) is 4.45. The van der Waals surface area contributed by atoms with E-state index in [1.807, 2.05) is 0 Å². The van der Waals surface area contributed by atoms with Crippen LogP contribution in [0.1, 0.15) is 29.0 Å². The maximum atomic E-state index is 12.8. The molecule has 1 aliphatic carbocycles. The molecule has 0 aromatic carbocycles. The third-order valence-electron chi connectivity index (χ3n) is 3.96. The summed E-state index contributed by atoms with van der Waals surface area (Å²) in [6.45, 7) is 0.520. The van der Waals surface area contributed by atoms with Gasteiger partial charge in [-0.25, -0.2) is 9.97 Å². The molecule has 0 radical (unpaired) electrons. The Hall–Kier alpha value is -2.88. The number of aromatic nitrogens is 2. The van der Waals surface area contributed by atoms with Gasteiger partial charge in [-0.3, -0.25) is 4.79 Å². The predicted molar refractivity (Wildman–Crippen MR) is 89.9 cm³/mol. The standard InChI is InChI=1S/C16H17F3N6O/c17-16(18,19)11-2-1-3-12(25-11)24-10-6-9(7-22-13(10)14(20)26)23-8-15(21)4-5-15/h1-3,6-7,23H,4-5,8,21H2,(H2,20,26)(H,24,25). The van der Waals surface area contributed by atoms with Crippen LogP contribution < -0.4 is 22.1 Å². The van der Waals surface area contributed by atoms with Crippen LogP contribution in [0.5, 0.6) is 0 Å². The molecule has 0 spiro atoms. The highest BCUT2D eigenvalue weighted by Crippen LogP contribution is 2.33. The van der Waals surface area contributed by atoms with Crippen LogP contribution in [-0.4, -0.2) is 28.0 Å². The zero-order valence-corrected chi connectivity index (χ0v) is 13.6. The van der Waals surface area contributed by atoms with Crippen LogP contribution in [0.15, 0.2) is 30.5 Å². The van der Waals surface area contributed by atoms with Crippen molar-refractivity contribution in [2.75, 3.05) is 17.2 Å². The van der Waals surface area contributed by atoms with Crippen molar-refractivity contribution in [3.8, 4) is 0 Å². The summed E-state index contributed by atoms with van der Waals surface area (Å²) >= 11 is 0. The van der Waals surface area contributed by atoms with Gasteiger partial charge in [-0.05, 0) is 31.0 Å². The summed E-state index contributed by atoms with van der Waals surface area (Å²) in [5.74, 6) is -0.901. The van der Waals surface area contributed by atoms with Crippen LogP contribution in [-0.2, 0) is 6.18 Å². The molecule has 26 heavy (non-hydrogen) atoms. The van der Waals surface area contributed by atoms with Crippen molar-refractivity contribution in [3.05, 3.63) is 41.9 Å². The van der Waals surface area contributed by atoms with E-state index in [-0.39, 0.29) is 22.7 Å². The molecule has 0 saturated heterocycles. The van der Waals surface area contributed by atoms with Crippen LogP contribution in [0.2, 0.25) is 0 Å². The molecule has 6 N–H and O–H groups in total. The first kappa shape index (κ1) is 17.9. The van der Waals surface area contributed by atoms with Gasteiger partial charge in [-0.1, -0.05) is 6.07 Å². The summed E-state index contributed by atoms with van der Waals surface area (Å²) in [5, 5.41) is 5.77. The molecule has 0 bridgehead atoms. The number of hydrogen-bond acceptors (Lipinski definition) is 6. The highest BCUT2D eigenvalue weighted by atomic mass is 19.4. The second-order valence-electron chi connectivity index (χ2n) is 6.23. The van der Waals surface area contributed by atoms with Gasteiger partial charge >= 0.3 is 6.18 Å². The molecule has 3 rings (SSSR count). The number of halogens is 3. The Labute approximate surface area is 147 Å². The van der Waals surface area contributed by atoms with Gasteiger partial charge in [0.15, 0.2) is 5.69 Å². The topological polar surface area (TPSA) is 119 Å². The van der Waals surface area contributed by atoms with Gasteiger partial charge in [0.1, 0.15) is 11.5 Å². The highest BCUT2D eigenvalue weighted by Gasteiger charge is 2.37. The summed E-state index contributed by atoms with van der Waals surface area (Å²) in [6, 6.07) is 4.94. The van der Waals surface area contributed by atoms with Gasteiger partial charge < -0.3 is 22.1 Å². The second kappa shape index (κ2) is 6.45. The number of hydrogen-bond donors (Lipinski definition) is 4. The Balaban J connectivity index is 1.85. The summed E-state index contributed by atoms with van der Waals surface area (Å²) < 4.78 is 38.4. The minimum absolute atomic E-state index is 0.0845. The summed E-state index contributed by atoms with van der Waals surface area (Å²) in [7, 11) is 0. The predicted octanol–water partition coefficient (Wildman–Crippen LogP) is 2.24. The first-order valence-corrected chi connectivity index (χ1v) is 7.80. The molecule has 1 amide bonds. The van der Waals surface area contributed by atoms with E-state index in [2.05, 4.69) is 20.6 Å². The first-order chi connectivity index (χ1) is 12.2. The first-order valence-electron chi connectivity index (χ1n) is 7.80. The van der Waals surface area contributed by atoms with E-state index in [1.165, 1.54) is 24.4 Å². The molecule has 0 unspecified atom stereocenters. The molecule has 1 saturated carbocycles. The van der Waals surface area contributed by atoms with Gasteiger partial charge in [-0.15, -0.1) is 0 Å². The van der Waals surface area contributed by atoms with Crippen molar-refractivity contribution in [2.45, 2.75) is 24.6 Å². The molecule has 2 heterocycles. The minimum atomic E-state index is -4.58. The third-order valence-corrected chi connectivity index (χ3v) is 3.96. The molecule has 10 heteroatoms. The summed E-state index contributed by atoms with van der Waals surface area (Å²) in [6.07, 6.45) is -1.35. The van der Waals surface area contributed by atoms with Crippen LogP contribution in [0, 0.1) is 0 Å². The number of carbonyl (C=O) groups is 1. The molecular formula is C16H17F3N6O. The van der Waals surface area contributed by atoms with Gasteiger partial charge in [-0.2, -0.15) is 13.2 Å². The fourth-order valence-electron chi connectivity index (χ4n) is 2.27. The van der Waals surface area contributed by atoms with Gasteiger partial charge in [0.25, 0.3) is 5.91 Å². The Morgan fingerprint density at radius 3 is 2.65 bits per heavy atom. The maximum absolute atomic E-state index is 12.8. The number of nitrogens with zero attached hydrogens (tertiary/aromatic N) is 2. The van der Waals surface area contributed by atoms with E-state index in [1.54, 1.807) is 0 Å². The zero-order valence-electron chi connectivity index (χ0n) is 13.6. The number of nitrogens with one attached hydrogen (secondary N) is 2. The van der Waals surface area contributed by atoms with Crippen molar-refractivity contribution in [3.63, 3.8) is 0 Å². The van der Waals surface area contributed by atoms with Gasteiger partial charge in [0.05, 0.1) is 17.6 Å². The van der Waals surface area contributed by atoms with E-state index in [9.17, 15) is 18.0 Å². The number of anilines is 3. The Morgan fingerprint density at radius 2 is 2.04 bits per heavy atom.